The summed E-state index contributed by atoms with van der Waals surface area (Å²) in [5, 5.41) is 5.02. The number of allylic oxidation sites excluding steroid dienone is 1. The monoisotopic (exact) mass is 390 g/mol. The van der Waals surface area contributed by atoms with Crippen LogP contribution in [-0.2, 0) is 13.7 Å². The molecule has 0 saturated carbocycles. The lowest BCUT2D eigenvalue weighted by Gasteiger charge is -2.07. The Bertz CT molecular complexity index is 953. The zero-order valence-corrected chi connectivity index (χ0v) is 15.7. The molecule has 5 nitrogen and oxygen atoms in total. The van der Waals surface area contributed by atoms with Crippen LogP contribution in [-0.4, -0.2) is 15.6 Å². The number of furan rings is 1. The number of carbonyl (C=O) groups is 1. The lowest BCUT2D eigenvalue weighted by atomic mass is 10.1. The fourth-order valence-corrected chi connectivity index (χ4v) is 2.92. The van der Waals surface area contributed by atoms with Crippen molar-refractivity contribution >= 4 is 35.1 Å². The minimum atomic E-state index is -0.132. The number of nitrogens with zero attached hydrogens (tertiary/aromatic N) is 2. The van der Waals surface area contributed by atoms with Crippen LogP contribution in [0.3, 0.4) is 0 Å². The Morgan fingerprint density at radius 1 is 1.27 bits per heavy atom. The van der Waals surface area contributed by atoms with Crippen LogP contribution in [0.1, 0.15) is 27.6 Å². The highest BCUT2D eigenvalue weighted by Crippen LogP contribution is 2.33. The average molecular weight is 391 g/mol. The van der Waals surface area contributed by atoms with Gasteiger partial charge in [0.05, 0.1) is 21.3 Å². The smallest absolute Gasteiger partial charge is 0.189 e. The lowest BCUT2D eigenvalue weighted by molar-refractivity contribution is 0.104. The van der Waals surface area contributed by atoms with Gasteiger partial charge in [-0.3, -0.25) is 9.48 Å². The summed E-state index contributed by atoms with van der Waals surface area (Å²) in [6.07, 6.45) is 4.76. The number of benzene rings is 1. The van der Waals surface area contributed by atoms with Crippen LogP contribution in [0.2, 0.25) is 10.0 Å². The number of aryl methyl sites for hydroxylation is 2. The Balaban J connectivity index is 1.64. The number of ketones is 1. The SMILES string of the molecule is Cc1nn(C)cc1C(=O)/C=C\c1ccc(COc2c(Cl)cccc2Cl)o1. The molecule has 26 heavy (non-hydrogen) atoms. The molecule has 134 valence electrons. The largest absolute Gasteiger partial charge is 0.483 e. The Morgan fingerprint density at radius 2 is 2.00 bits per heavy atom. The highest BCUT2D eigenvalue weighted by molar-refractivity contribution is 6.37. The fraction of sp³-hybridized carbons (Fsp3) is 0.158. The average Bonchev–Trinajstić information content (AvgIpc) is 3.18. The molecule has 7 heteroatoms. The summed E-state index contributed by atoms with van der Waals surface area (Å²) in [4.78, 5) is 12.2. The van der Waals surface area contributed by atoms with E-state index in [4.69, 9.17) is 32.4 Å². The van der Waals surface area contributed by atoms with Gasteiger partial charge in [-0.25, -0.2) is 0 Å². The van der Waals surface area contributed by atoms with Gasteiger partial charge in [0, 0.05) is 13.2 Å². The first-order chi connectivity index (χ1) is 12.4. The quantitative estimate of drug-likeness (QED) is 0.433. The first kappa shape index (κ1) is 18.3. The maximum Gasteiger partial charge on any atom is 0.189 e. The number of ether oxygens (including phenoxy) is 1. The van der Waals surface area contributed by atoms with Crippen molar-refractivity contribution in [1.82, 2.24) is 9.78 Å². The normalized spacial score (nSPS) is 11.2. The number of halogens is 2. The maximum absolute atomic E-state index is 12.2. The van der Waals surface area contributed by atoms with E-state index < -0.39 is 0 Å². The van der Waals surface area contributed by atoms with E-state index in [-0.39, 0.29) is 12.4 Å². The van der Waals surface area contributed by atoms with Gasteiger partial charge in [-0.05, 0) is 43.3 Å². The van der Waals surface area contributed by atoms with E-state index in [1.165, 1.54) is 6.08 Å². The maximum atomic E-state index is 12.2. The van der Waals surface area contributed by atoms with E-state index >= 15 is 0 Å². The molecule has 1 aromatic carbocycles. The predicted octanol–water partition coefficient (Wildman–Crippen LogP) is 5.10. The van der Waals surface area contributed by atoms with Gasteiger partial charge in [-0.1, -0.05) is 29.3 Å². The highest BCUT2D eigenvalue weighted by atomic mass is 35.5. The highest BCUT2D eigenvalue weighted by Gasteiger charge is 2.11. The molecule has 3 rings (SSSR count). The molecule has 0 radical (unpaired) electrons. The van der Waals surface area contributed by atoms with Crippen molar-refractivity contribution in [3.8, 4) is 5.75 Å². The molecule has 0 atom stereocenters. The summed E-state index contributed by atoms with van der Waals surface area (Å²) in [6.45, 7) is 1.97. The molecule has 0 fully saturated rings. The molecule has 0 saturated heterocycles. The lowest BCUT2D eigenvalue weighted by Crippen LogP contribution is -1.95. The van der Waals surface area contributed by atoms with Crippen LogP contribution in [0.5, 0.6) is 5.75 Å². The number of rotatable bonds is 6. The first-order valence-corrected chi connectivity index (χ1v) is 8.58. The van der Waals surface area contributed by atoms with Crippen LogP contribution in [0.4, 0.5) is 0 Å². The third-order valence-corrected chi connectivity index (χ3v) is 4.23. The summed E-state index contributed by atoms with van der Waals surface area (Å²) >= 11 is 12.1. The molecule has 3 aromatic rings. The van der Waals surface area contributed by atoms with Crippen LogP contribution in [0.15, 0.2) is 47.0 Å². The third-order valence-electron chi connectivity index (χ3n) is 3.64. The molecule has 0 aliphatic rings. The van der Waals surface area contributed by atoms with Crippen molar-refractivity contribution in [2.45, 2.75) is 13.5 Å². The molecule has 0 unspecified atom stereocenters. The van der Waals surface area contributed by atoms with Gasteiger partial charge in [-0.2, -0.15) is 5.10 Å². The summed E-state index contributed by atoms with van der Waals surface area (Å²) in [5.41, 5.74) is 1.25. The number of aromatic nitrogens is 2. The number of hydrogen-bond acceptors (Lipinski definition) is 4. The van der Waals surface area contributed by atoms with E-state index in [0.717, 1.165) is 0 Å². The molecule has 2 heterocycles. The summed E-state index contributed by atoms with van der Waals surface area (Å²) in [5.74, 6) is 1.41. The van der Waals surface area contributed by atoms with Gasteiger partial charge in [0.15, 0.2) is 11.5 Å². The molecule has 0 N–H and O–H groups in total. The topological polar surface area (TPSA) is 57.3 Å². The van der Waals surface area contributed by atoms with E-state index in [2.05, 4.69) is 5.10 Å². The summed E-state index contributed by atoms with van der Waals surface area (Å²) in [6, 6.07) is 8.67. The van der Waals surface area contributed by atoms with Gasteiger partial charge in [-0.15, -0.1) is 0 Å². The van der Waals surface area contributed by atoms with E-state index in [1.807, 2.05) is 0 Å². The molecular formula is C19H16Cl2N2O3. The van der Waals surface area contributed by atoms with Gasteiger partial charge in [0.2, 0.25) is 0 Å². The molecule has 0 aliphatic carbocycles. The third kappa shape index (κ3) is 4.18. The van der Waals surface area contributed by atoms with Gasteiger partial charge in [0.1, 0.15) is 18.1 Å². The van der Waals surface area contributed by atoms with E-state index in [0.29, 0.717) is 38.6 Å². The van der Waals surface area contributed by atoms with Crippen LogP contribution >= 0.6 is 23.2 Å². The van der Waals surface area contributed by atoms with Crippen molar-refractivity contribution in [3.05, 3.63) is 75.4 Å². The molecule has 0 amide bonds. The van der Waals surface area contributed by atoms with Gasteiger partial charge in [0.25, 0.3) is 0 Å². The van der Waals surface area contributed by atoms with Crippen molar-refractivity contribution in [2.75, 3.05) is 0 Å². The zero-order valence-electron chi connectivity index (χ0n) is 14.2. The fourth-order valence-electron chi connectivity index (χ4n) is 2.41. The Labute approximate surface area is 160 Å². The summed E-state index contributed by atoms with van der Waals surface area (Å²) in [7, 11) is 1.78. The van der Waals surface area contributed by atoms with Crippen molar-refractivity contribution in [1.29, 1.82) is 0 Å². The van der Waals surface area contributed by atoms with Crippen molar-refractivity contribution in [2.24, 2.45) is 7.05 Å². The molecule has 0 bridgehead atoms. The Morgan fingerprint density at radius 3 is 2.65 bits per heavy atom. The van der Waals surface area contributed by atoms with Crippen molar-refractivity contribution < 1.29 is 13.9 Å². The van der Waals surface area contributed by atoms with Crippen LogP contribution in [0, 0.1) is 6.92 Å². The summed E-state index contributed by atoms with van der Waals surface area (Å²) < 4.78 is 12.9. The van der Waals surface area contributed by atoms with Gasteiger partial charge < -0.3 is 9.15 Å². The Kier molecular flexibility index (Phi) is 5.49. The standard InChI is InChI=1S/C19H16Cl2N2O3/c1-12-15(10-23(2)22-12)18(24)9-8-13-6-7-14(26-13)11-25-19-16(20)4-3-5-17(19)21/h3-10H,11H2,1-2H3/b9-8-. The van der Waals surface area contributed by atoms with E-state index in [1.54, 1.807) is 61.3 Å². The second kappa shape index (κ2) is 7.81. The number of hydrogen-bond donors (Lipinski definition) is 0. The number of para-hydroxylation sites is 1. The molecule has 0 aliphatic heterocycles. The predicted molar refractivity (Wildman–Crippen MR) is 101 cm³/mol. The minimum absolute atomic E-state index is 0.132. The second-order valence-corrected chi connectivity index (χ2v) is 6.46. The first-order valence-electron chi connectivity index (χ1n) is 7.82. The second-order valence-electron chi connectivity index (χ2n) is 5.64. The van der Waals surface area contributed by atoms with Gasteiger partial charge >= 0.3 is 0 Å². The van der Waals surface area contributed by atoms with Crippen LogP contribution < -0.4 is 4.74 Å². The number of carbonyl (C=O) groups excluding carboxylic acids is 1. The Hall–Kier alpha value is -2.50. The van der Waals surface area contributed by atoms with Crippen LogP contribution in [0.25, 0.3) is 6.08 Å². The zero-order chi connectivity index (χ0) is 18.7. The van der Waals surface area contributed by atoms with Crippen molar-refractivity contribution in [3.63, 3.8) is 0 Å². The molecule has 2 aromatic heterocycles. The van der Waals surface area contributed by atoms with E-state index in [9.17, 15) is 4.79 Å². The minimum Gasteiger partial charge on any atom is -0.483 e. The molecule has 0 spiro atoms. The molecular weight excluding hydrogens is 375 g/mol.